The van der Waals surface area contributed by atoms with E-state index in [1.165, 1.54) is 19.3 Å². The maximum absolute atomic E-state index is 5.25. The topological polar surface area (TPSA) is 33.3 Å². The van der Waals surface area contributed by atoms with Crippen LogP contribution >= 0.6 is 12.2 Å². The number of hydrogen-bond donors (Lipinski definition) is 2. The maximum Gasteiger partial charge on any atom is 0.166 e. The monoisotopic (exact) mass is 244 g/mol. The smallest absolute Gasteiger partial charge is 0.166 e. The first kappa shape index (κ1) is 13.7. The van der Waals surface area contributed by atoms with Gasteiger partial charge in [0.1, 0.15) is 0 Å². The zero-order valence-corrected chi connectivity index (χ0v) is 11.5. The van der Waals surface area contributed by atoms with Crippen LogP contribution in [0.5, 0.6) is 0 Å². The molecule has 1 atom stereocenters. The first-order valence-corrected chi connectivity index (χ1v) is 6.48. The third-order valence-electron chi connectivity index (χ3n) is 3.11. The lowest BCUT2D eigenvalue weighted by atomic mass is 9.92. The fourth-order valence-electron chi connectivity index (χ4n) is 2.21. The van der Waals surface area contributed by atoms with Crippen molar-refractivity contribution in [3.63, 3.8) is 0 Å². The predicted molar refractivity (Wildman–Crippen MR) is 71.6 cm³/mol. The van der Waals surface area contributed by atoms with Crippen molar-refractivity contribution in [2.45, 2.75) is 45.6 Å². The molecule has 1 fully saturated rings. The predicted octanol–water partition coefficient (Wildman–Crippen LogP) is 2.07. The van der Waals surface area contributed by atoms with Gasteiger partial charge < -0.3 is 15.4 Å². The summed E-state index contributed by atoms with van der Waals surface area (Å²) in [4.78, 5) is 0. The molecule has 0 saturated heterocycles. The highest BCUT2D eigenvalue weighted by atomic mass is 32.1. The highest BCUT2D eigenvalue weighted by Crippen LogP contribution is 2.36. The lowest BCUT2D eigenvalue weighted by Crippen LogP contribution is -2.41. The second-order valence-corrected chi connectivity index (χ2v) is 5.76. The van der Waals surface area contributed by atoms with E-state index in [-0.39, 0.29) is 0 Å². The third-order valence-corrected chi connectivity index (χ3v) is 3.38. The van der Waals surface area contributed by atoms with Crippen LogP contribution in [0.15, 0.2) is 0 Å². The second kappa shape index (κ2) is 6.40. The van der Waals surface area contributed by atoms with E-state index in [1.807, 2.05) is 0 Å². The molecule has 0 amide bonds. The zero-order chi connectivity index (χ0) is 12.0. The van der Waals surface area contributed by atoms with Crippen molar-refractivity contribution in [3.05, 3.63) is 0 Å². The standard InChI is InChI=1S/C12H24N2OS/c1-12(2)6-5-10(9-12)14-11(16)13-7-4-8-15-3/h10H,4-9H2,1-3H3,(H2,13,14,16). The normalized spacial score (nSPS) is 23.1. The summed E-state index contributed by atoms with van der Waals surface area (Å²) in [6.45, 7) is 6.31. The molecule has 94 valence electrons. The van der Waals surface area contributed by atoms with Crippen molar-refractivity contribution in [1.82, 2.24) is 10.6 Å². The van der Waals surface area contributed by atoms with Crippen LogP contribution < -0.4 is 10.6 Å². The fraction of sp³-hybridized carbons (Fsp3) is 0.917. The van der Waals surface area contributed by atoms with E-state index in [0.29, 0.717) is 11.5 Å². The summed E-state index contributed by atoms with van der Waals surface area (Å²) in [5, 5.41) is 7.39. The van der Waals surface area contributed by atoms with E-state index in [9.17, 15) is 0 Å². The van der Waals surface area contributed by atoms with Crippen LogP contribution in [0.3, 0.4) is 0 Å². The Balaban J connectivity index is 2.11. The molecule has 1 aliphatic rings. The van der Waals surface area contributed by atoms with E-state index in [4.69, 9.17) is 17.0 Å². The Bertz CT molecular complexity index is 231. The van der Waals surface area contributed by atoms with E-state index in [1.54, 1.807) is 7.11 Å². The van der Waals surface area contributed by atoms with Crippen LogP contribution in [0.1, 0.15) is 39.5 Å². The molecule has 3 nitrogen and oxygen atoms in total. The lowest BCUT2D eigenvalue weighted by molar-refractivity contribution is 0.195. The third kappa shape index (κ3) is 5.12. The SMILES string of the molecule is COCCCNC(=S)NC1CCC(C)(C)C1. The quantitative estimate of drug-likeness (QED) is 0.573. The van der Waals surface area contributed by atoms with Gasteiger partial charge in [-0.2, -0.15) is 0 Å². The molecule has 1 saturated carbocycles. The van der Waals surface area contributed by atoms with Crippen LogP contribution in [0.4, 0.5) is 0 Å². The Kier molecular flexibility index (Phi) is 5.49. The molecule has 0 aromatic rings. The summed E-state index contributed by atoms with van der Waals surface area (Å²) >= 11 is 5.25. The molecule has 4 heteroatoms. The molecule has 0 aromatic heterocycles. The average molecular weight is 244 g/mol. The number of rotatable bonds is 5. The molecular formula is C12H24N2OS. The van der Waals surface area contributed by atoms with Gasteiger partial charge in [-0.15, -0.1) is 0 Å². The van der Waals surface area contributed by atoms with Gasteiger partial charge >= 0.3 is 0 Å². The maximum atomic E-state index is 5.25. The molecule has 0 radical (unpaired) electrons. The number of thiocarbonyl (C=S) groups is 1. The molecule has 0 aromatic carbocycles. The van der Waals surface area contributed by atoms with Gasteiger partial charge in [-0.25, -0.2) is 0 Å². The summed E-state index contributed by atoms with van der Waals surface area (Å²) in [5.74, 6) is 0. The molecule has 0 aliphatic heterocycles. The first-order valence-electron chi connectivity index (χ1n) is 6.07. The van der Waals surface area contributed by atoms with Crippen LogP contribution in [0.25, 0.3) is 0 Å². The van der Waals surface area contributed by atoms with E-state index in [2.05, 4.69) is 24.5 Å². The van der Waals surface area contributed by atoms with Crippen molar-refractivity contribution in [2.24, 2.45) is 5.41 Å². The van der Waals surface area contributed by atoms with Gasteiger partial charge in [0.15, 0.2) is 5.11 Å². The molecule has 0 spiro atoms. The zero-order valence-electron chi connectivity index (χ0n) is 10.6. The minimum absolute atomic E-state index is 0.476. The van der Waals surface area contributed by atoms with Crippen LogP contribution in [0.2, 0.25) is 0 Å². The molecule has 0 heterocycles. The van der Waals surface area contributed by atoms with Gasteiger partial charge in [-0.3, -0.25) is 0 Å². The Morgan fingerprint density at radius 3 is 2.81 bits per heavy atom. The molecule has 2 N–H and O–H groups in total. The Morgan fingerprint density at radius 1 is 1.50 bits per heavy atom. The van der Waals surface area contributed by atoms with Crippen molar-refractivity contribution in [3.8, 4) is 0 Å². The van der Waals surface area contributed by atoms with Crippen molar-refractivity contribution in [1.29, 1.82) is 0 Å². The van der Waals surface area contributed by atoms with Gasteiger partial charge in [-0.1, -0.05) is 13.8 Å². The Hall–Kier alpha value is -0.350. The molecule has 0 bridgehead atoms. The minimum atomic E-state index is 0.476. The average Bonchev–Trinajstić information content (AvgIpc) is 2.53. The Labute approximate surface area is 104 Å². The minimum Gasteiger partial charge on any atom is -0.385 e. The molecule has 1 rings (SSSR count). The molecular weight excluding hydrogens is 220 g/mol. The summed E-state index contributed by atoms with van der Waals surface area (Å²) < 4.78 is 4.98. The fourth-order valence-corrected chi connectivity index (χ4v) is 2.48. The van der Waals surface area contributed by atoms with Gasteiger partial charge in [0.05, 0.1) is 0 Å². The first-order chi connectivity index (χ1) is 7.53. The highest BCUT2D eigenvalue weighted by molar-refractivity contribution is 7.80. The van der Waals surface area contributed by atoms with Gasteiger partial charge in [0.25, 0.3) is 0 Å². The van der Waals surface area contributed by atoms with Crippen molar-refractivity contribution < 1.29 is 4.74 Å². The van der Waals surface area contributed by atoms with Gasteiger partial charge in [-0.05, 0) is 43.3 Å². The van der Waals surface area contributed by atoms with Crippen LogP contribution in [-0.4, -0.2) is 31.4 Å². The summed E-state index contributed by atoms with van der Waals surface area (Å²) in [7, 11) is 1.72. The summed E-state index contributed by atoms with van der Waals surface area (Å²) in [5.41, 5.74) is 0.476. The van der Waals surface area contributed by atoms with Crippen LogP contribution in [-0.2, 0) is 4.74 Å². The molecule has 1 aliphatic carbocycles. The summed E-state index contributed by atoms with van der Waals surface area (Å²) in [6.07, 6.45) is 4.73. The highest BCUT2D eigenvalue weighted by Gasteiger charge is 2.30. The van der Waals surface area contributed by atoms with E-state index < -0.39 is 0 Å². The number of ether oxygens (including phenoxy) is 1. The van der Waals surface area contributed by atoms with E-state index in [0.717, 1.165) is 24.7 Å². The van der Waals surface area contributed by atoms with Crippen molar-refractivity contribution in [2.75, 3.05) is 20.3 Å². The second-order valence-electron chi connectivity index (χ2n) is 5.35. The van der Waals surface area contributed by atoms with Gasteiger partial charge in [0.2, 0.25) is 0 Å². The van der Waals surface area contributed by atoms with Crippen LogP contribution in [0, 0.1) is 5.41 Å². The van der Waals surface area contributed by atoms with Gasteiger partial charge in [0, 0.05) is 26.3 Å². The number of methoxy groups -OCH3 is 1. The lowest BCUT2D eigenvalue weighted by Gasteiger charge is -2.19. The van der Waals surface area contributed by atoms with E-state index >= 15 is 0 Å². The van der Waals surface area contributed by atoms with Crippen molar-refractivity contribution >= 4 is 17.3 Å². The number of hydrogen-bond acceptors (Lipinski definition) is 2. The molecule has 1 unspecified atom stereocenters. The number of nitrogens with one attached hydrogen (secondary N) is 2. The Morgan fingerprint density at radius 2 is 2.25 bits per heavy atom. The molecule has 16 heavy (non-hydrogen) atoms. The summed E-state index contributed by atoms with van der Waals surface area (Å²) in [6, 6.07) is 0.553. The largest absolute Gasteiger partial charge is 0.385 e.